The minimum atomic E-state index is -0.203. The van der Waals surface area contributed by atoms with Gasteiger partial charge in [-0.05, 0) is 12.7 Å². The molecule has 1 saturated heterocycles. The van der Waals surface area contributed by atoms with Crippen LogP contribution < -0.4 is 0 Å². The van der Waals surface area contributed by atoms with Crippen molar-refractivity contribution in [2.24, 2.45) is 0 Å². The van der Waals surface area contributed by atoms with Crippen molar-refractivity contribution in [3.63, 3.8) is 0 Å². The van der Waals surface area contributed by atoms with Gasteiger partial charge in [-0.15, -0.1) is 0 Å². The zero-order valence-electron chi connectivity index (χ0n) is 7.52. The maximum Gasteiger partial charge on any atom is 0.242 e. The zero-order valence-corrected chi connectivity index (χ0v) is 8.34. The fourth-order valence-electron chi connectivity index (χ4n) is 1.30. The summed E-state index contributed by atoms with van der Waals surface area (Å²) in [7, 11) is 0. The lowest BCUT2D eigenvalue weighted by Gasteiger charge is -2.12. The molecule has 1 rings (SSSR count). The lowest BCUT2D eigenvalue weighted by atomic mass is 10.4. The van der Waals surface area contributed by atoms with Crippen LogP contribution in [0.2, 0.25) is 0 Å². The Morgan fingerprint density at radius 2 is 2.31 bits per heavy atom. The first kappa shape index (κ1) is 10.5. The van der Waals surface area contributed by atoms with Gasteiger partial charge in [-0.3, -0.25) is 14.5 Å². The van der Waals surface area contributed by atoms with Gasteiger partial charge in [0.25, 0.3) is 0 Å². The number of likely N-dealkylation sites (tertiary alicyclic amines) is 1. The molecular weight excluding hydrogens is 190 g/mol. The summed E-state index contributed by atoms with van der Waals surface area (Å²) in [6.45, 7) is 0.367. The molecule has 74 valence electrons. The molecule has 0 saturated carbocycles. The molecule has 0 radical (unpaired) electrons. The molecule has 1 N–H and O–H groups in total. The molecule has 13 heavy (non-hydrogen) atoms. The van der Waals surface area contributed by atoms with E-state index in [1.165, 1.54) is 16.7 Å². The Bertz CT molecular complexity index is 219. The van der Waals surface area contributed by atoms with Crippen molar-refractivity contribution >= 4 is 23.6 Å². The van der Waals surface area contributed by atoms with E-state index < -0.39 is 0 Å². The van der Waals surface area contributed by atoms with Gasteiger partial charge in [0.05, 0.1) is 5.25 Å². The van der Waals surface area contributed by atoms with E-state index in [-0.39, 0.29) is 23.7 Å². The predicted molar refractivity (Wildman–Crippen MR) is 50.3 cm³/mol. The molecule has 0 aromatic carbocycles. The summed E-state index contributed by atoms with van der Waals surface area (Å²) < 4.78 is 0. The van der Waals surface area contributed by atoms with Crippen LogP contribution in [0.15, 0.2) is 0 Å². The maximum absolute atomic E-state index is 11.5. The maximum atomic E-state index is 11.5. The van der Waals surface area contributed by atoms with Crippen molar-refractivity contribution in [1.82, 2.24) is 4.90 Å². The molecule has 1 unspecified atom stereocenters. The largest absolute Gasteiger partial charge is 0.396 e. The Kier molecular flexibility index (Phi) is 3.74. The van der Waals surface area contributed by atoms with Gasteiger partial charge < -0.3 is 5.11 Å². The third-order valence-electron chi connectivity index (χ3n) is 2.03. The first-order chi connectivity index (χ1) is 6.20. The summed E-state index contributed by atoms with van der Waals surface area (Å²) in [5, 5.41) is 8.37. The molecule has 4 nitrogen and oxygen atoms in total. The van der Waals surface area contributed by atoms with Crippen molar-refractivity contribution in [1.29, 1.82) is 0 Å². The molecular formula is C8H13NO3S. The molecule has 1 aliphatic heterocycles. The third-order valence-corrected chi connectivity index (χ3v) is 2.96. The predicted octanol–water partition coefficient (Wildman–Crippen LogP) is -0.141. The molecule has 5 heteroatoms. The smallest absolute Gasteiger partial charge is 0.242 e. The minimum Gasteiger partial charge on any atom is -0.396 e. The van der Waals surface area contributed by atoms with Crippen molar-refractivity contribution in [3.8, 4) is 0 Å². The molecule has 0 aromatic heterocycles. The number of aliphatic hydroxyl groups is 1. The second-order valence-corrected chi connectivity index (χ2v) is 3.93. The summed E-state index contributed by atoms with van der Waals surface area (Å²) in [5.41, 5.74) is 0. The van der Waals surface area contributed by atoms with Gasteiger partial charge in [0.15, 0.2) is 0 Å². The molecule has 1 heterocycles. The van der Waals surface area contributed by atoms with E-state index in [0.717, 1.165) is 0 Å². The Hall–Kier alpha value is -0.550. The number of nitrogens with zero attached hydrogens (tertiary/aromatic N) is 1. The highest BCUT2D eigenvalue weighted by molar-refractivity contribution is 8.00. The van der Waals surface area contributed by atoms with E-state index in [0.29, 0.717) is 19.4 Å². The molecule has 1 aliphatic rings. The Balaban J connectivity index is 2.54. The van der Waals surface area contributed by atoms with Crippen molar-refractivity contribution in [3.05, 3.63) is 0 Å². The van der Waals surface area contributed by atoms with E-state index in [2.05, 4.69) is 0 Å². The second kappa shape index (κ2) is 4.62. The third kappa shape index (κ3) is 2.22. The lowest BCUT2D eigenvalue weighted by molar-refractivity contribution is -0.138. The van der Waals surface area contributed by atoms with E-state index in [1.54, 1.807) is 0 Å². The number of carbonyl (C=O) groups excluding carboxylic acids is 2. The number of thioether (sulfide) groups is 1. The summed E-state index contributed by atoms with van der Waals surface area (Å²) >= 11 is 1.41. The van der Waals surface area contributed by atoms with Gasteiger partial charge in [0, 0.05) is 19.6 Å². The number of amides is 2. The van der Waals surface area contributed by atoms with Crippen molar-refractivity contribution < 1.29 is 14.7 Å². The molecule has 1 atom stereocenters. The normalized spacial score (nSPS) is 22.9. The molecule has 1 fully saturated rings. The molecule has 0 spiro atoms. The van der Waals surface area contributed by atoms with Crippen LogP contribution in [0.25, 0.3) is 0 Å². The van der Waals surface area contributed by atoms with Gasteiger partial charge in [-0.2, -0.15) is 11.8 Å². The number of hydrogen-bond acceptors (Lipinski definition) is 4. The standard InChI is InChI=1S/C8H13NO3S/c1-13-6-5-7(11)9(8(6)12)3-2-4-10/h6,10H,2-5H2,1H3. The van der Waals surface area contributed by atoms with Crippen molar-refractivity contribution in [2.45, 2.75) is 18.1 Å². The van der Waals surface area contributed by atoms with Gasteiger partial charge in [-0.1, -0.05) is 0 Å². The first-order valence-electron chi connectivity index (χ1n) is 4.18. The summed E-state index contributed by atoms with van der Waals surface area (Å²) in [6.07, 6.45) is 2.61. The topological polar surface area (TPSA) is 57.6 Å². The van der Waals surface area contributed by atoms with Crippen molar-refractivity contribution in [2.75, 3.05) is 19.4 Å². The van der Waals surface area contributed by atoms with E-state index in [4.69, 9.17) is 5.11 Å². The summed E-state index contributed by atoms with van der Waals surface area (Å²) in [4.78, 5) is 24.0. The molecule has 0 aliphatic carbocycles. The van der Waals surface area contributed by atoms with E-state index in [1.807, 2.05) is 6.26 Å². The Labute approximate surface area is 81.3 Å². The number of aliphatic hydroxyl groups excluding tert-OH is 1. The average molecular weight is 203 g/mol. The highest BCUT2D eigenvalue weighted by Crippen LogP contribution is 2.22. The monoisotopic (exact) mass is 203 g/mol. The Morgan fingerprint density at radius 1 is 1.62 bits per heavy atom. The SMILES string of the molecule is CSC1CC(=O)N(CCCO)C1=O. The van der Waals surface area contributed by atoms with Crippen LogP contribution in [0.4, 0.5) is 0 Å². The first-order valence-corrected chi connectivity index (χ1v) is 5.47. The van der Waals surface area contributed by atoms with Gasteiger partial charge in [-0.25, -0.2) is 0 Å². The fraction of sp³-hybridized carbons (Fsp3) is 0.750. The fourth-order valence-corrected chi connectivity index (χ4v) is 1.94. The highest BCUT2D eigenvalue weighted by Gasteiger charge is 2.37. The molecule has 0 aromatic rings. The van der Waals surface area contributed by atoms with Crippen LogP contribution in [-0.4, -0.2) is 46.5 Å². The molecule has 2 amide bonds. The van der Waals surface area contributed by atoms with E-state index in [9.17, 15) is 9.59 Å². The summed E-state index contributed by atoms with van der Waals surface area (Å²) in [6, 6.07) is 0. The van der Waals surface area contributed by atoms with Crippen LogP contribution in [0.3, 0.4) is 0 Å². The zero-order chi connectivity index (χ0) is 9.84. The van der Waals surface area contributed by atoms with Gasteiger partial charge in [0.1, 0.15) is 0 Å². The summed E-state index contributed by atoms with van der Waals surface area (Å²) in [5.74, 6) is -0.219. The number of imide groups is 1. The van der Waals surface area contributed by atoms with Gasteiger partial charge >= 0.3 is 0 Å². The number of hydrogen-bond donors (Lipinski definition) is 1. The second-order valence-electron chi connectivity index (χ2n) is 2.89. The number of rotatable bonds is 4. The van der Waals surface area contributed by atoms with Crippen LogP contribution in [0.5, 0.6) is 0 Å². The lowest BCUT2D eigenvalue weighted by Crippen LogP contribution is -2.32. The van der Waals surface area contributed by atoms with E-state index >= 15 is 0 Å². The van der Waals surface area contributed by atoms with Gasteiger partial charge in [0.2, 0.25) is 11.8 Å². The van der Waals surface area contributed by atoms with Crippen LogP contribution >= 0.6 is 11.8 Å². The van der Waals surface area contributed by atoms with Crippen LogP contribution in [0.1, 0.15) is 12.8 Å². The highest BCUT2D eigenvalue weighted by atomic mass is 32.2. The quantitative estimate of drug-likeness (QED) is 0.646. The minimum absolute atomic E-state index is 0.0149. The molecule has 0 bridgehead atoms. The van der Waals surface area contributed by atoms with Crippen LogP contribution in [0, 0.1) is 0 Å². The average Bonchev–Trinajstić information content (AvgIpc) is 2.39. The Morgan fingerprint density at radius 3 is 2.77 bits per heavy atom. The van der Waals surface area contributed by atoms with Crippen LogP contribution in [-0.2, 0) is 9.59 Å². The number of carbonyl (C=O) groups is 2.